The van der Waals surface area contributed by atoms with Gasteiger partial charge in [0.05, 0.1) is 12.4 Å². The van der Waals surface area contributed by atoms with E-state index in [4.69, 9.17) is 10.00 Å². The molecular weight excluding hydrogens is 358 g/mol. The van der Waals surface area contributed by atoms with Crippen molar-refractivity contribution >= 4 is 17.7 Å². The second-order valence-electron chi connectivity index (χ2n) is 7.54. The van der Waals surface area contributed by atoms with Crippen LogP contribution in [0.3, 0.4) is 0 Å². The standard InChI is InChI=1S/C19H23N7O2/c1-11(12-2-3-12)23-19(27)28-15-5-4-13(6-15)16-7-17(26-25-16)24-18-10-21-14(8-20)9-22-18/h7,9-13,15H,2-6H2,1H3,(H,23,27)(H2,22,24,25,26). The molecule has 0 bridgehead atoms. The van der Waals surface area contributed by atoms with Crippen LogP contribution in [0.4, 0.5) is 16.4 Å². The Balaban J connectivity index is 1.28. The molecule has 9 heteroatoms. The third kappa shape index (κ3) is 4.39. The largest absolute Gasteiger partial charge is 0.446 e. The molecule has 2 heterocycles. The first-order valence-corrected chi connectivity index (χ1v) is 9.62. The molecule has 2 aliphatic rings. The van der Waals surface area contributed by atoms with E-state index >= 15 is 0 Å². The van der Waals surface area contributed by atoms with E-state index in [1.165, 1.54) is 25.2 Å². The van der Waals surface area contributed by atoms with Crippen molar-refractivity contribution in [2.45, 2.75) is 57.1 Å². The Bertz CT molecular complexity index is 869. The highest BCUT2D eigenvalue weighted by molar-refractivity contribution is 5.67. The Labute approximate surface area is 162 Å². The smallest absolute Gasteiger partial charge is 0.407 e. The summed E-state index contributed by atoms with van der Waals surface area (Å²) >= 11 is 0. The van der Waals surface area contributed by atoms with Gasteiger partial charge in [0, 0.05) is 23.7 Å². The molecule has 1 amide bonds. The topological polar surface area (TPSA) is 129 Å². The van der Waals surface area contributed by atoms with Crippen molar-refractivity contribution in [3.63, 3.8) is 0 Å². The van der Waals surface area contributed by atoms with E-state index in [1.807, 2.05) is 19.1 Å². The van der Waals surface area contributed by atoms with Crippen molar-refractivity contribution < 1.29 is 9.53 Å². The third-order valence-electron chi connectivity index (χ3n) is 5.39. The Hall–Kier alpha value is -3.15. The lowest BCUT2D eigenvalue weighted by Gasteiger charge is -2.16. The summed E-state index contributed by atoms with van der Waals surface area (Å²) in [6.45, 7) is 2.04. The van der Waals surface area contributed by atoms with Crippen LogP contribution in [0.25, 0.3) is 0 Å². The van der Waals surface area contributed by atoms with Gasteiger partial charge in [-0.2, -0.15) is 10.4 Å². The van der Waals surface area contributed by atoms with Crippen LogP contribution in [0.1, 0.15) is 56.3 Å². The number of aromatic nitrogens is 4. The molecule has 3 atom stereocenters. The van der Waals surface area contributed by atoms with E-state index in [0.717, 1.165) is 25.0 Å². The molecule has 0 aliphatic heterocycles. The van der Waals surface area contributed by atoms with Crippen LogP contribution < -0.4 is 10.6 Å². The molecule has 3 unspecified atom stereocenters. The lowest BCUT2D eigenvalue weighted by molar-refractivity contribution is 0.0968. The number of carbonyl (C=O) groups is 1. The molecule has 2 aromatic rings. The second-order valence-corrected chi connectivity index (χ2v) is 7.54. The Morgan fingerprint density at radius 1 is 1.29 bits per heavy atom. The van der Waals surface area contributed by atoms with Crippen LogP contribution in [0.5, 0.6) is 0 Å². The third-order valence-corrected chi connectivity index (χ3v) is 5.39. The summed E-state index contributed by atoms with van der Waals surface area (Å²) < 4.78 is 5.59. The molecule has 2 aromatic heterocycles. The van der Waals surface area contributed by atoms with Gasteiger partial charge in [0.1, 0.15) is 18.0 Å². The van der Waals surface area contributed by atoms with E-state index < -0.39 is 0 Å². The van der Waals surface area contributed by atoms with Crippen LogP contribution >= 0.6 is 0 Å². The number of hydrogen-bond acceptors (Lipinski definition) is 7. The van der Waals surface area contributed by atoms with E-state index in [-0.39, 0.29) is 29.9 Å². The zero-order valence-electron chi connectivity index (χ0n) is 15.7. The summed E-state index contributed by atoms with van der Waals surface area (Å²) in [5.74, 6) is 2.04. The van der Waals surface area contributed by atoms with Crippen LogP contribution in [0, 0.1) is 17.2 Å². The van der Waals surface area contributed by atoms with E-state index in [2.05, 4.69) is 30.8 Å². The van der Waals surface area contributed by atoms with Crippen molar-refractivity contribution in [1.82, 2.24) is 25.5 Å². The summed E-state index contributed by atoms with van der Waals surface area (Å²) in [5.41, 5.74) is 1.27. The number of carbonyl (C=O) groups excluding carboxylic acids is 1. The fraction of sp³-hybridized carbons (Fsp3) is 0.526. The number of nitrogens with zero attached hydrogens (tertiary/aromatic N) is 4. The Morgan fingerprint density at radius 3 is 2.86 bits per heavy atom. The van der Waals surface area contributed by atoms with Gasteiger partial charge in [-0.3, -0.25) is 5.10 Å². The highest BCUT2D eigenvalue weighted by Crippen LogP contribution is 2.36. The lowest BCUT2D eigenvalue weighted by atomic mass is 10.0. The monoisotopic (exact) mass is 381 g/mol. The van der Waals surface area contributed by atoms with Crippen molar-refractivity contribution in [2.75, 3.05) is 5.32 Å². The molecule has 0 aromatic carbocycles. The van der Waals surface area contributed by atoms with Crippen molar-refractivity contribution in [1.29, 1.82) is 5.26 Å². The van der Waals surface area contributed by atoms with Gasteiger partial charge < -0.3 is 15.4 Å². The number of nitrogens with one attached hydrogen (secondary N) is 3. The van der Waals surface area contributed by atoms with Crippen LogP contribution in [0.2, 0.25) is 0 Å². The van der Waals surface area contributed by atoms with Crippen LogP contribution in [-0.4, -0.2) is 38.4 Å². The van der Waals surface area contributed by atoms with Crippen molar-refractivity contribution in [3.8, 4) is 6.07 Å². The minimum Gasteiger partial charge on any atom is -0.446 e. The molecule has 0 saturated heterocycles. The highest BCUT2D eigenvalue weighted by Gasteiger charge is 2.32. The number of H-pyrrole nitrogens is 1. The summed E-state index contributed by atoms with van der Waals surface area (Å²) in [6.07, 6.45) is 7.47. The predicted molar refractivity (Wildman–Crippen MR) is 101 cm³/mol. The number of aromatic amines is 1. The van der Waals surface area contributed by atoms with Crippen LogP contribution in [0.15, 0.2) is 18.5 Å². The van der Waals surface area contributed by atoms with Gasteiger partial charge in [-0.1, -0.05) is 0 Å². The molecule has 9 nitrogen and oxygen atoms in total. The van der Waals surface area contributed by atoms with E-state index in [9.17, 15) is 4.79 Å². The summed E-state index contributed by atoms with van der Waals surface area (Å²) in [7, 11) is 0. The van der Waals surface area contributed by atoms with Gasteiger partial charge in [-0.25, -0.2) is 14.8 Å². The number of ether oxygens (including phenoxy) is 1. The van der Waals surface area contributed by atoms with Gasteiger partial charge in [0.15, 0.2) is 11.5 Å². The first-order valence-electron chi connectivity index (χ1n) is 9.62. The lowest BCUT2D eigenvalue weighted by Crippen LogP contribution is -2.36. The first kappa shape index (κ1) is 18.2. The molecule has 4 rings (SSSR count). The number of hydrogen-bond donors (Lipinski definition) is 3. The fourth-order valence-corrected chi connectivity index (χ4v) is 3.61. The van der Waals surface area contributed by atoms with Gasteiger partial charge in [0.2, 0.25) is 0 Å². The average Bonchev–Trinajstić information content (AvgIpc) is 3.28. The number of amides is 1. The quantitative estimate of drug-likeness (QED) is 0.701. The van der Waals surface area contributed by atoms with Gasteiger partial charge in [-0.05, 0) is 44.9 Å². The Morgan fingerprint density at radius 2 is 2.14 bits per heavy atom. The molecule has 2 aliphatic carbocycles. The van der Waals surface area contributed by atoms with Crippen LogP contribution in [-0.2, 0) is 4.74 Å². The SMILES string of the molecule is CC(NC(=O)OC1CCC(c2cc(Nc3cnc(C#N)cn3)n[nH]2)C1)C1CC1. The summed E-state index contributed by atoms with van der Waals surface area (Å²) in [5, 5.41) is 22.1. The van der Waals surface area contributed by atoms with Gasteiger partial charge in [0.25, 0.3) is 0 Å². The maximum absolute atomic E-state index is 12.0. The predicted octanol–water partition coefficient (Wildman–Crippen LogP) is 2.98. The van der Waals surface area contributed by atoms with E-state index in [0.29, 0.717) is 17.6 Å². The first-order chi connectivity index (χ1) is 13.6. The molecule has 146 valence electrons. The van der Waals surface area contributed by atoms with Crippen molar-refractivity contribution in [3.05, 3.63) is 29.8 Å². The van der Waals surface area contributed by atoms with Gasteiger partial charge >= 0.3 is 6.09 Å². The minimum atomic E-state index is -0.309. The van der Waals surface area contributed by atoms with E-state index in [1.54, 1.807) is 0 Å². The number of nitriles is 1. The highest BCUT2D eigenvalue weighted by atomic mass is 16.6. The zero-order valence-corrected chi connectivity index (χ0v) is 15.7. The maximum atomic E-state index is 12.0. The number of anilines is 2. The average molecular weight is 381 g/mol. The molecule has 0 spiro atoms. The molecule has 0 radical (unpaired) electrons. The maximum Gasteiger partial charge on any atom is 0.407 e. The fourth-order valence-electron chi connectivity index (χ4n) is 3.61. The molecular formula is C19H23N7O2. The zero-order chi connectivity index (χ0) is 19.5. The van der Waals surface area contributed by atoms with Gasteiger partial charge in [-0.15, -0.1) is 0 Å². The summed E-state index contributed by atoms with van der Waals surface area (Å²) in [4.78, 5) is 20.1. The molecule has 2 fully saturated rings. The Kier molecular flexibility index (Phi) is 5.10. The minimum absolute atomic E-state index is 0.0690. The molecule has 2 saturated carbocycles. The molecule has 28 heavy (non-hydrogen) atoms. The number of alkyl carbamates (subject to hydrolysis) is 1. The summed E-state index contributed by atoms with van der Waals surface area (Å²) in [6, 6.07) is 4.06. The normalized spacial score (nSPS) is 22.3. The molecule has 3 N–H and O–H groups in total. The number of rotatable bonds is 6. The second kappa shape index (κ2) is 7.84. The van der Waals surface area contributed by atoms with Crippen molar-refractivity contribution in [2.24, 2.45) is 5.92 Å².